The van der Waals surface area contributed by atoms with Crippen molar-refractivity contribution in [2.24, 2.45) is 4.99 Å². The summed E-state index contributed by atoms with van der Waals surface area (Å²) in [7, 11) is 0. The van der Waals surface area contributed by atoms with Crippen LogP contribution < -0.4 is 5.32 Å². The van der Waals surface area contributed by atoms with Crippen LogP contribution in [0.15, 0.2) is 53.7 Å². The smallest absolute Gasteiger partial charge is 0.101 e. The van der Waals surface area contributed by atoms with Gasteiger partial charge in [0.05, 0.1) is 0 Å². The highest BCUT2D eigenvalue weighted by Gasteiger charge is 2.19. The predicted octanol–water partition coefficient (Wildman–Crippen LogP) is 6.01. The van der Waals surface area contributed by atoms with Gasteiger partial charge in [-0.05, 0) is 80.2 Å². The van der Waals surface area contributed by atoms with Crippen molar-refractivity contribution in [1.29, 1.82) is 0 Å². The zero-order chi connectivity index (χ0) is 19.9. The topological polar surface area (TPSA) is 27.6 Å². The van der Waals surface area contributed by atoms with E-state index in [-0.39, 0.29) is 0 Å². The van der Waals surface area contributed by atoms with E-state index in [0.29, 0.717) is 0 Å². The molecule has 0 atom stereocenters. The van der Waals surface area contributed by atoms with Crippen LogP contribution in [0.25, 0.3) is 11.3 Å². The van der Waals surface area contributed by atoms with Gasteiger partial charge in [-0.1, -0.05) is 38.3 Å². The molecule has 1 fully saturated rings. The van der Waals surface area contributed by atoms with Crippen LogP contribution in [0, 0.1) is 0 Å². The number of aliphatic imine (C=N–C) groups is 1. The fourth-order valence-electron chi connectivity index (χ4n) is 4.11. The molecule has 1 N–H and O–H groups in total. The molecule has 1 aromatic carbocycles. The zero-order valence-electron chi connectivity index (χ0n) is 17.7. The van der Waals surface area contributed by atoms with E-state index < -0.39 is 0 Å². The van der Waals surface area contributed by atoms with Gasteiger partial charge < -0.3 is 10.2 Å². The van der Waals surface area contributed by atoms with Gasteiger partial charge in [0.15, 0.2) is 0 Å². The number of piperidine rings is 1. The first-order chi connectivity index (χ1) is 13.6. The molecule has 1 aromatic rings. The molecule has 150 valence electrons. The SMILES string of the molecule is C=C(NCCC)c1cccc(C(=C)C2=C(/N=C(\C)N3CCCCC3)CCC2)c1. The van der Waals surface area contributed by atoms with E-state index >= 15 is 0 Å². The molecule has 3 nitrogen and oxygen atoms in total. The van der Waals surface area contributed by atoms with E-state index in [1.165, 1.54) is 48.4 Å². The molecule has 3 heteroatoms. The Morgan fingerprint density at radius 1 is 1.07 bits per heavy atom. The summed E-state index contributed by atoms with van der Waals surface area (Å²) in [5.41, 5.74) is 6.99. The van der Waals surface area contributed by atoms with Gasteiger partial charge in [0, 0.05) is 31.0 Å². The summed E-state index contributed by atoms with van der Waals surface area (Å²) in [5, 5.41) is 3.39. The number of nitrogens with one attached hydrogen (secondary N) is 1. The van der Waals surface area contributed by atoms with Crippen molar-refractivity contribution in [2.75, 3.05) is 19.6 Å². The highest BCUT2D eigenvalue weighted by molar-refractivity contribution is 5.84. The van der Waals surface area contributed by atoms with E-state index in [4.69, 9.17) is 4.99 Å². The van der Waals surface area contributed by atoms with Gasteiger partial charge in [-0.2, -0.15) is 0 Å². The van der Waals surface area contributed by atoms with Gasteiger partial charge in [-0.25, -0.2) is 4.99 Å². The summed E-state index contributed by atoms with van der Waals surface area (Å²) in [4.78, 5) is 7.50. The summed E-state index contributed by atoms with van der Waals surface area (Å²) >= 11 is 0. The Bertz CT molecular complexity index is 779. The lowest BCUT2D eigenvalue weighted by Gasteiger charge is -2.28. The normalized spacial score (nSPS) is 17.8. The average molecular weight is 378 g/mol. The number of amidine groups is 1. The minimum absolute atomic E-state index is 0.948. The maximum atomic E-state index is 5.06. The van der Waals surface area contributed by atoms with Crippen LogP contribution in [-0.2, 0) is 0 Å². The van der Waals surface area contributed by atoms with Crippen LogP contribution in [-0.4, -0.2) is 30.4 Å². The van der Waals surface area contributed by atoms with Gasteiger partial charge in [0.2, 0.25) is 0 Å². The summed E-state index contributed by atoms with van der Waals surface area (Å²) in [6.07, 6.45) is 8.32. The van der Waals surface area contributed by atoms with Gasteiger partial charge in [-0.3, -0.25) is 0 Å². The lowest BCUT2D eigenvalue weighted by atomic mass is 9.96. The number of benzene rings is 1. The first kappa shape index (κ1) is 20.4. The average Bonchev–Trinajstić information content (AvgIpc) is 3.20. The third-order valence-electron chi connectivity index (χ3n) is 5.81. The van der Waals surface area contributed by atoms with E-state index in [2.05, 4.69) is 61.5 Å². The zero-order valence-corrected chi connectivity index (χ0v) is 17.7. The second-order valence-electron chi connectivity index (χ2n) is 7.95. The number of hydrogen-bond donors (Lipinski definition) is 1. The molecule has 2 aliphatic rings. The molecule has 0 spiro atoms. The predicted molar refractivity (Wildman–Crippen MR) is 122 cm³/mol. The molecular weight excluding hydrogens is 342 g/mol. The molecule has 3 rings (SSSR count). The Kier molecular flexibility index (Phi) is 7.13. The third-order valence-corrected chi connectivity index (χ3v) is 5.81. The van der Waals surface area contributed by atoms with Crippen molar-refractivity contribution < 1.29 is 0 Å². The standard InChI is InChI=1S/C25H35N3/c1-5-15-26-20(3)23-12-9-11-22(18-23)19(2)24-13-10-14-25(24)27-21(4)28-16-7-6-8-17-28/h9,11-12,18,26H,2-3,5-8,10,13-17H2,1,4H3/b27-21+. The Labute approximate surface area is 170 Å². The second-order valence-corrected chi connectivity index (χ2v) is 7.95. The molecule has 0 saturated carbocycles. The van der Waals surface area contributed by atoms with Crippen LogP contribution in [0.4, 0.5) is 0 Å². The Hall–Kier alpha value is -2.29. The first-order valence-corrected chi connectivity index (χ1v) is 10.8. The van der Waals surface area contributed by atoms with Crippen LogP contribution in [0.5, 0.6) is 0 Å². The van der Waals surface area contributed by atoms with Crippen molar-refractivity contribution in [3.63, 3.8) is 0 Å². The van der Waals surface area contributed by atoms with E-state index in [9.17, 15) is 0 Å². The third kappa shape index (κ3) is 4.95. The Morgan fingerprint density at radius 3 is 2.57 bits per heavy atom. The maximum absolute atomic E-state index is 5.06. The first-order valence-electron chi connectivity index (χ1n) is 10.8. The number of nitrogens with zero attached hydrogens (tertiary/aromatic N) is 2. The number of hydrogen-bond acceptors (Lipinski definition) is 2. The van der Waals surface area contributed by atoms with Gasteiger partial charge in [0.25, 0.3) is 0 Å². The van der Waals surface area contributed by atoms with Gasteiger partial charge in [-0.15, -0.1) is 0 Å². The fourth-order valence-corrected chi connectivity index (χ4v) is 4.11. The quantitative estimate of drug-likeness (QED) is 0.465. The van der Waals surface area contributed by atoms with Crippen molar-refractivity contribution in [3.8, 4) is 0 Å². The van der Waals surface area contributed by atoms with Gasteiger partial charge >= 0.3 is 0 Å². The molecule has 1 aliphatic heterocycles. The second kappa shape index (κ2) is 9.77. The molecule has 1 saturated heterocycles. The molecule has 0 bridgehead atoms. The molecule has 1 heterocycles. The summed E-state index contributed by atoms with van der Waals surface area (Å²) in [6.45, 7) is 16.2. The van der Waals surface area contributed by atoms with Crippen LogP contribution in [0.1, 0.15) is 69.9 Å². The highest BCUT2D eigenvalue weighted by Crippen LogP contribution is 2.36. The van der Waals surface area contributed by atoms with Crippen LogP contribution >= 0.6 is 0 Å². The summed E-state index contributed by atoms with van der Waals surface area (Å²) in [6, 6.07) is 8.58. The van der Waals surface area contributed by atoms with Crippen LogP contribution in [0.3, 0.4) is 0 Å². The highest BCUT2D eigenvalue weighted by atomic mass is 15.2. The molecule has 0 aromatic heterocycles. The number of allylic oxidation sites excluding steroid dienone is 3. The molecule has 0 amide bonds. The van der Waals surface area contributed by atoms with Crippen LogP contribution in [0.2, 0.25) is 0 Å². The van der Waals surface area contributed by atoms with Crippen molar-refractivity contribution >= 4 is 17.1 Å². The molecule has 0 unspecified atom stereocenters. The minimum atomic E-state index is 0.948. The summed E-state index contributed by atoms with van der Waals surface area (Å²) in [5.74, 6) is 1.17. The van der Waals surface area contributed by atoms with Crippen molar-refractivity contribution in [3.05, 3.63) is 59.8 Å². The van der Waals surface area contributed by atoms with E-state index in [1.807, 2.05) is 0 Å². The van der Waals surface area contributed by atoms with Crippen molar-refractivity contribution in [2.45, 2.75) is 58.8 Å². The van der Waals surface area contributed by atoms with E-state index in [1.54, 1.807) is 0 Å². The number of likely N-dealkylation sites (tertiary alicyclic amines) is 1. The minimum Gasteiger partial charge on any atom is -0.385 e. The lowest BCUT2D eigenvalue weighted by molar-refractivity contribution is 0.340. The molecular formula is C25H35N3. The Morgan fingerprint density at radius 2 is 1.82 bits per heavy atom. The fraction of sp³-hybridized carbons (Fsp3) is 0.480. The lowest BCUT2D eigenvalue weighted by Crippen LogP contribution is -2.34. The van der Waals surface area contributed by atoms with Crippen molar-refractivity contribution in [1.82, 2.24) is 10.2 Å². The summed E-state index contributed by atoms with van der Waals surface area (Å²) < 4.78 is 0. The largest absolute Gasteiger partial charge is 0.385 e. The molecule has 1 aliphatic carbocycles. The Balaban J connectivity index is 1.80. The van der Waals surface area contributed by atoms with E-state index in [0.717, 1.165) is 55.7 Å². The number of rotatable bonds is 7. The molecule has 0 radical (unpaired) electrons. The monoisotopic (exact) mass is 377 g/mol. The van der Waals surface area contributed by atoms with Gasteiger partial charge in [0.1, 0.15) is 5.84 Å². The molecule has 28 heavy (non-hydrogen) atoms. The maximum Gasteiger partial charge on any atom is 0.101 e.